The maximum atomic E-state index is 6.30. The van der Waals surface area contributed by atoms with E-state index in [1.165, 1.54) is 5.56 Å². The number of hydrogen-bond acceptors (Lipinski definition) is 3. The first-order chi connectivity index (χ1) is 10.2. The molecule has 1 aliphatic rings. The first kappa shape index (κ1) is 16.8. The highest BCUT2D eigenvalue weighted by atomic mass is 35.5. The topological polar surface area (TPSA) is 27.6 Å². The summed E-state index contributed by atoms with van der Waals surface area (Å²) in [7, 11) is 2.03. The molecule has 1 heterocycles. The average molecular weight is 336 g/mol. The van der Waals surface area contributed by atoms with Crippen molar-refractivity contribution in [3.8, 4) is 0 Å². The zero-order valence-corrected chi connectivity index (χ0v) is 14.1. The van der Waals surface area contributed by atoms with Crippen LogP contribution in [-0.4, -0.2) is 23.9 Å². The van der Waals surface area contributed by atoms with E-state index in [-0.39, 0.29) is 24.5 Å². The first-order valence-corrected chi connectivity index (χ1v) is 7.42. The molecular formula is C17H19Cl2N3. The lowest BCUT2D eigenvalue weighted by molar-refractivity contribution is 0.178. The minimum atomic E-state index is 0. The van der Waals surface area contributed by atoms with Crippen LogP contribution in [-0.2, 0) is 0 Å². The Kier molecular flexibility index (Phi) is 5.46. The summed E-state index contributed by atoms with van der Waals surface area (Å²) in [4.78, 5) is 4.89. The number of likely N-dealkylation sites (N-methyl/N-ethyl adjacent to an activating group) is 1. The fraction of sp³-hybridized carbons (Fsp3) is 0.235. The van der Waals surface area contributed by atoms with E-state index in [4.69, 9.17) is 16.6 Å². The van der Waals surface area contributed by atoms with Crippen LogP contribution in [0.5, 0.6) is 0 Å². The van der Waals surface area contributed by atoms with Crippen molar-refractivity contribution in [2.45, 2.75) is 19.0 Å². The van der Waals surface area contributed by atoms with Crippen LogP contribution in [0, 0.1) is 0 Å². The number of hydrogen-bond donors (Lipinski definition) is 1. The van der Waals surface area contributed by atoms with Gasteiger partial charge in [0.2, 0.25) is 0 Å². The Hall–Kier alpha value is -1.55. The molecule has 0 radical (unpaired) electrons. The molecule has 0 aromatic heterocycles. The number of benzene rings is 2. The molecule has 0 spiro atoms. The lowest BCUT2D eigenvalue weighted by Crippen LogP contribution is -2.51. The van der Waals surface area contributed by atoms with E-state index in [1.807, 2.05) is 37.4 Å². The van der Waals surface area contributed by atoms with Gasteiger partial charge in [-0.05, 0) is 24.6 Å². The molecule has 0 unspecified atom stereocenters. The molecule has 0 aliphatic carbocycles. The second kappa shape index (κ2) is 7.14. The number of hydrazine groups is 1. The summed E-state index contributed by atoms with van der Waals surface area (Å²) in [6, 6.07) is 18.5. The van der Waals surface area contributed by atoms with Gasteiger partial charge >= 0.3 is 0 Å². The molecule has 5 heteroatoms. The van der Waals surface area contributed by atoms with Gasteiger partial charge in [-0.2, -0.15) is 0 Å². The van der Waals surface area contributed by atoms with Gasteiger partial charge in [0.1, 0.15) is 5.84 Å². The molecule has 1 N–H and O–H groups in total. The summed E-state index contributed by atoms with van der Waals surface area (Å²) < 4.78 is 0. The summed E-state index contributed by atoms with van der Waals surface area (Å²) in [5.74, 6) is 0.815. The Bertz CT molecular complexity index is 658. The molecule has 2 aromatic carbocycles. The molecule has 116 valence electrons. The largest absolute Gasteiger partial charge is 0.303 e. The Morgan fingerprint density at radius 1 is 1.05 bits per heavy atom. The van der Waals surface area contributed by atoms with Crippen LogP contribution in [0.2, 0.25) is 5.02 Å². The van der Waals surface area contributed by atoms with Gasteiger partial charge in [-0.3, -0.25) is 4.99 Å². The van der Waals surface area contributed by atoms with Crippen LogP contribution in [0.4, 0.5) is 0 Å². The molecule has 0 saturated carbocycles. The quantitative estimate of drug-likeness (QED) is 0.895. The van der Waals surface area contributed by atoms with Crippen molar-refractivity contribution in [1.82, 2.24) is 10.4 Å². The molecule has 0 amide bonds. The monoisotopic (exact) mass is 335 g/mol. The van der Waals surface area contributed by atoms with Gasteiger partial charge in [-0.25, -0.2) is 5.01 Å². The zero-order chi connectivity index (χ0) is 14.8. The molecule has 0 fully saturated rings. The number of amidine groups is 1. The third kappa shape index (κ3) is 3.27. The number of halogens is 2. The van der Waals surface area contributed by atoms with Crippen molar-refractivity contribution in [1.29, 1.82) is 0 Å². The molecule has 3 nitrogen and oxygen atoms in total. The fourth-order valence-electron chi connectivity index (χ4n) is 2.54. The molecule has 0 bridgehead atoms. The highest BCUT2D eigenvalue weighted by Crippen LogP contribution is 2.28. The number of nitrogens with one attached hydrogen (secondary N) is 1. The smallest absolute Gasteiger partial charge is 0.145 e. The van der Waals surface area contributed by atoms with Crippen LogP contribution >= 0.6 is 24.0 Å². The fourth-order valence-corrected chi connectivity index (χ4v) is 2.77. The van der Waals surface area contributed by atoms with Crippen LogP contribution in [0.15, 0.2) is 59.6 Å². The molecule has 22 heavy (non-hydrogen) atoms. The van der Waals surface area contributed by atoms with Gasteiger partial charge in [-0.15, -0.1) is 12.4 Å². The number of rotatable bonds is 2. The third-order valence-corrected chi connectivity index (χ3v) is 4.22. The standard InChI is InChI=1S/C17H18ClN3.ClH/c1-12-16(13-8-4-3-5-9-13)19-17(20-21(12)2)14-10-6-7-11-15(14)18;/h3-12,16H,1-2H3,(H,19,20);1H/t12-,16+;/m1./s1. The third-order valence-electron chi connectivity index (χ3n) is 3.89. The lowest BCUT2D eigenvalue weighted by Gasteiger charge is -2.36. The highest BCUT2D eigenvalue weighted by molar-refractivity contribution is 6.34. The van der Waals surface area contributed by atoms with E-state index >= 15 is 0 Å². The van der Waals surface area contributed by atoms with Crippen LogP contribution in [0.1, 0.15) is 24.1 Å². The molecule has 1 aliphatic heterocycles. The highest BCUT2D eigenvalue weighted by Gasteiger charge is 2.28. The summed E-state index contributed by atoms with van der Waals surface area (Å²) in [6.07, 6.45) is 0. The minimum absolute atomic E-state index is 0. The van der Waals surface area contributed by atoms with Gasteiger partial charge < -0.3 is 5.43 Å². The maximum Gasteiger partial charge on any atom is 0.145 e. The Morgan fingerprint density at radius 3 is 2.36 bits per heavy atom. The Labute approximate surface area is 142 Å². The van der Waals surface area contributed by atoms with Crippen molar-refractivity contribution in [3.05, 3.63) is 70.7 Å². The van der Waals surface area contributed by atoms with E-state index in [9.17, 15) is 0 Å². The summed E-state index contributed by atoms with van der Waals surface area (Å²) >= 11 is 6.30. The normalized spacial score (nSPS) is 21.5. The van der Waals surface area contributed by atoms with Crippen LogP contribution in [0.3, 0.4) is 0 Å². The number of aliphatic imine (C=N–C) groups is 1. The molecule has 2 atom stereocenters. The minimum Gasteiger partial charge on any atom is -0.303 e. The molecular weight excluding hydrogens is 317 g/mol. The van der Waals surface area contributed by atoms with Gasteiger partial charge in [0.05, 0.1) is 17.1 Å². The van der Waals surface area contributed by atoms with E-state index < -0.39 is 0 Å². The Balaban J connectivity index is 0.00000176. The van der Waals surface area contributed by atoms with Crippen LogP contribution in [0.25, 0.3) is 0 Å². The summed E-state index contributed by atoms with van der Waals surface area (Å²) in [6.45, 7) is 2.16. The van der Waals surface area contributed by atoms with E-state index in [2.05, 4.69) is 41.6 Å². The van der Waals surface area contributed by atoms with Crippen molar-refractivity contribution >= 4 is 29.8 Å². The van der Waals surface area contributed by atoms with E-state index in [0.717, 1.165) is 11.4 Å². The summed E-state index contributed by atoms with van der Waals surface area (Å²) in [5.41, 5.74) is 5.46. The van der Waals surface area contributed by atoms with Crippen LogP contribution < -0.4 is 5.43 Å². The Morgan fingerprint density at radius 2 is 1.68 bits per heavy atom. The van der Waals surface area contributed by atoms with Crippen molar-refractivity contribution in [2.75, 3.05) is 7.05 Å². The van der Waals surface area contributed by atoms with Gasteiger partial charge in [0.25, 0.3) is 0 Å². The maximum absolute atomic E-state index is 6.30. The average Bonchev–Trinajstić information content (AvgIpc) is 2.51. The first-order valence-electron chi connectivity index (χ1n) is 7.04. The predicted molar refractivity (Wildman–Crippen MR) is 94.8 cm³/mol. The van der Waals surface area contributed by atoms with Gasteiger partial charge in [-0.1, -0.05) is 54.1 Å². The van der Waals surface area contributed by atoms with Gasteiger partial charge in [0, 0.05) is 12.6 Å². The van der Waals surface area contributed by atoms with E-state index in [1.54, 1.807) is 0 Å². The molecule has 2 aromatic rings. The summed E-state index contributed by atoms with van der Waals surface area (Å²) in [5, 5.41) is 2.79. The van der Waals surface area contributed by atoms with Crippen molar-refractivity contribution < 1.29 is 0 Å². The zero-order valence-electron chi connectivity index (χ0n) is 12.5. The molecule has 0 saturated heterocycles. The van der Waals surface area contributed by atoms with Gasteiger partial charge in [0.15, 0.2) is 0 Å². The number of nitrogens with zero attached hydrogens (tertiary/aromatic N) is 2. The van der Waals surface area contributed by atoms with Crippen molar-refractivity contribution in [3.63, 3.8) is 0 Å². The van der Waals surface area contributed by atoms with Crippen molar-refractivity contribution in [2.24, 2.45) is 4.99 Å². The van der Waals surface area contributed by atoms with E-state index in [0.29, 0.717) is 5.02 Å². The second-order valence-corrected chi connectivity index (χ2v) is 5.68. The predicted octanol–water partition coefficient (Wildman–Crippen LogP) is 4.09. The molecule has 3 rings (SSSR count). The second-order valence-electron chi connectivity index (χ2n) is 5.28. The lowest BCUT2D eigenvalue weighted by atomic mass is 9.99. The SMILES string of the molecule is C[C@@H]1[C@@H](c2ccccc2)N=C(c2ccccc2Cl)NN1C.Cl.